The Kier molecular flexibility index (Phi) is 4.77. The number of imidazole rings is 1. The van der Waals surface area contributed by atoms with Crippen molar-refractivity contribution in [3.63, 3.8) is 0 Å². The van der Waals surface area contributed by atoms with E-state index in [2.05, 4.69) is 4.98 Å². The Morgan fingerprint density at radius 1 is 1.48 bits per heavy atom. The molecule has 0 aliphatic heterocycles. The van der Waals surface area contributed by atoms with Crippen LogP contribution in [0.2, 0.25) is 0 Å². The molecule has 1 heterocycles. The minimum Gasteiger partial charge on any atom is -0.478 e. The van der Waals surface area contributed by atoms with Crippen molar-refractivity contribution in [3.8, 4) is 0 Å². The van der Waals surface area contributed by atoms with Crippen LogP contribution in [0, 0.1) is 0 Å². The van der Waals surface area contributed by atoms with Crippen LogP contribution in [0.3, 0.4) is 0 Å². The summed E-state index contributed by atoms with van der Waals surface area (Å²) in [6, 6.07) is 5.21. The second-order valence-corrected chi connectivity index (χ2v) is 6.91. The molecule has 0 aliphatic rings. The van der Waals surface area contributed by atoms with E-state index < -0.39 is 16.8 Å². The minimum absolute atomic E-state index is 0.106. The van der Waals surface area contributed by atoms with Gasteiger partial charge in [-0.1, -0.05) is 19.9 Å². The van der Waals surface area contributed by atoms with Crippen LogP contribution < -0.4 is 0 Å². The monoisotopic (exact) mass is 308 g/mol. The van der Waals surface area contributed by atoms with Crippen LogP contribution in [-0.2, 0) is 23.8 Å². The van der Waals surface area contributed by atoms with Gasteiger partial charge in [0.1, 0.15) is 11.3 Å². The molecular formula is C15H20N2O3S. The third kappa shape index (κ3) is 3.15. The maximum Gasteiger partial charge on any atom is 0.337 e. The quantitative estimate of drug-likeness (QED) is 0.889. The number of aryl methyl sites for hydroxylation is 2. The first kappa shape index (κ1) is 15.7. The number of para-hydroxylation sites is 1. The number of hydrogen-bond acceptors (Lipinski definition) is 3. The second kappa shape index (κ2) is 6.39. The van der Waals surface area contributed by atoms with E-state index >= 15 is 0 Å². The highest BCUT2D eigenvalue weighted by Crippen LogP contribution is 2.21. The van der Waals surface area contributed by atoms with E-state index in [0.717, 1.165) is 24.2 Å². The highest BCUT2D eigenvalue weighted by molar-refractivity contribution is 7.84. The molecule has 2 atom stereocenters. The van der Waals surface area contributed by atoms with Crippen molar-refractivity contribution in [2.24, 2.45) is 0 Å². The number of carboxylic acids is 1. The first-order valence-electron chi connectivity index (χ1n) is 6.99. The zero-order valence-electron chi connectivity index (χ0n) is 12.5. The first-order chi connectivity index (χ1) is 9.95. The Hall–Kier alpha value is -1.69. The Labute approximate surface area is 126 Å². The molecule has 5 nitrogen and oxygen atoms in total. The van der Waals surface area contributed by atoms with Crippen molar-refractivity contribution in [1.29, 1.82) is 0 Å². The van der Waals surface area contributed by atoms with Crippen LogP contribution in [0.4, 0.5) is 0 Å². The minimum atomic E-state index is -0.962. The molecule has 0 radical (unpaired) electrons. The number of hydrogen-bond donors (Lipinski definition) is 1. The van der Waals surface area contributed by atoms with Gasteiger partial charge in [0.25, 0.3) is 0 Å². The van der Waals surface area contributed by atoms with Gasteiger partial charge in [0, 0.05) is 35.3 Å². The summed E-state index contributed by atoms with van der Waals surface area (Å²) in [6.45, 7) is 4.66. The highest BCUT2D eigenvalue weighted by Gasteiger charge is 2.17. The van der Waals surface area contributed by atoms with Crippen molar-refractivity contribution < 1.29 is 14.1 Å². The number of carboxylic acid groups (broad SMARTS) is 1. The summed E-state index contributed by atoms with van der Waals surface area (Å²) in [7, 11) is -0.854. The smallest absolute Gasteiger partial charge is 0.337 e. The molecule has 1 N–H and O–H groups in total. The highest BCUT2D eigenvalue weighted by atomic mass is 32.2. The summed E-state index contributed by atoms with van der Waals surface area (Å²) < 4.78 is 13.5. The van der Waals surface area contributed by atoms with E-state index in [1.165, 1.54) is 0 Å². The van der Waals surface area contributed by atoms with E-state index in [4.69, 9.17) is 0 Å². The largest absolute Gasteiger partial charge is 0.478 e. The van der Waals surface area contributed by atoms with Crippen LogP contribution in [0.25, 0.3) is 11.0 Å². The van der Waals surface area contributed by atoms with Crippen molar-refractivity contribution in [3.05, 3.63) is 29.6 Å². The molecule has 1 aromatic heterocycles. The molecule has 0 saturated carbocycles. The Morgan fingerprint density at radius 2 is 2.19 bits per heavy atom. The van der Waals surface area contributed by atoms with Crippen LogP contribution in [0.5, 0.6) is 0 Å². The molecule has 21 heavy (non-hydrogen) atoms. The number of nitrogens with zero attached hydrogens (tertiary/aromatic N) is 2. The van der Waals surface area contributed by atoms with E-state index in [0.29, 0.717) is 12.1 Å². The molecule has 0 spiro atoms. The normalized spacial score (nSPS) is 14.2. The molecule has 2 aromatic rings. The SMILES string of the molecule is CCc1nc2c(C(=O)O)cccc2n1CCC(C)S(C)=O. The van der Waals surface area contributed by atoms with Gasteiger partial charge in [-0.05, 0) is 18.6 Å². The molecule has 0 bridgehead atoms. The summed E-state index contributed by atoms with van der Waals surface area (Å²) in [5.41, 5.74) is 1.60. The molecule has 0 amide bonds. The molecule has 2 rings (SSSR count). The number of carbonyl (C=O) groups is 1. The van der Waals surface area contributed by atoms with Gasteiger partial charge in [0.15, 0.2) is 0 Å². The third-order valence-corrected chi connectivity index (χ3v) is 5.10. The molecule has 6 heteroatoms. The summed E-state index contributed by atoms with van der Waals surface area (Å²) in [4.78, 5) is 15.8. The van der Waals surface area contributed by atoms with Crippen LogP contribution in [-0.4, -0.2) is 36.3 Å². The summed E-state index contributed by atoms with van der Waals surface area (Å²) in [5.74, 6) is -0.0938. The average Bonchev–Trinajstić information content (AvgIpc) is 2.81. The number of fused-ring (bicyclic) bond motifs is 1. The molecule has 0 saturated heterocycles. The van der Waals surface area contributed by atoms with E-state index in [-0.39, 0.29) is 10.8 Å². The number of rotatable bonds is 6. The maximum absolute atomic E-state index is 11.5. The lowest BCUT2D eigenvalue weighted by Crippen LogP contribution is -2.14. The topological polar surface area (TPSA) is 72.2 Å². The van der Waals surface area contributed by atoms with E-state index in [1.54, 1.807) is 18.4 Å². The van der Waals surface area contributed by atoms with Crippen molar-refractivity contribution in [2.75, 3.05) is 6.26 Å². The number of benzene rings is 1. The lowest BCUT2D eigenvalue weighted by molar-refractivity contribution is 0.0699. The first-order valence-corrected chi connectivity index (χ1v) is 8.61. The van der Waals surface area contributed by atoms with Crippen molar-refractivity contribution in [1.82, 2.24) is 9.55 Å². The molecule has 0 aliphatic carbocycles. The van der Waals surface area contributed by atoms with Crippen LogP contribution in [0.1, 0.15) is 36.5 Å². The van der Waals surface area contributed by atoms with Crippen LogP contribution in [0.15, 0.2) is 18.2 Å². The molecular weight excluding hydrogens is 288 g/mol. The zero-order chi connectivity index (χ0) is 15.6. The van der Waals surface area contributed by atoms with Crippen molar-refractivity contribution >= 4 is 27.8 Å². The van der Waals surface area contributed by atoms with Gasteiger partial charge >= 0.3 is 5.97 Å². The van der Waals surface area contributed by atoms with Gasteiger partial charge in [0.2, 0.25) is 0 Å². The molecule has 1 aromatic carbocycles. The van der Waals surface area contributed by atoms with E-state index in [1.807, 2.05) is 24.5 Å². The summed E-state index contributed by atoms with van der Waals surface area (Å²) >= 11 is 0. The fourth-order valence-corrected chi connectivity index (χ4v) is 2.80. The Bertz CT molecular complexity index is 694. The van der Waals surface area contributed by atoms with Gasteiger partial charge in [-0.3, -0.25) is 4.21 Å². The second-order valence-electron chi connectivity index (χ2n) is 5.11. The predicted molar refractivity (Wildman–Crippen MR) is 84.2 cm³/mol. The fourth-order valence-electron chi connectivity index (χ4n) is 2.36. The average molecular weight is 308 g/mol. The van der Waals surface area contributed by atoms with Gasteiger partial charge in [0.05, 0.1) is 11.1 Å². The molecule has 0 fully saturated rings. The lowest BCUT2D eigenvalue weighted by atomic mass is 10.2. The predicted octanol–water partition coefficient (Wildman–Crippen LogP) is 2.45. The summed E-state index contributed by atoms with van der Waals surface area (Å²) in [5, 5.41) is 9.36. The maximum atomic E-state index is 11.5. The van der Waals surface area contributed by atoms with Crippen molar-refractivity contribution in [2.45, 2.75) is 38.5 Å². The molecule has 2 unspecified atom stereocenters. The molecule has 114 valence electrons. The third-order valence-electron chi connectivity index (χ3n) is 3.73. The van der Waals surface area contributed by atoms with Gasteiger partial charge in [-0.25, -0.2) is 9.78 Å². The van der Waals surface area contributed by atoms with Gasteiger partial charge in [-0.15, -0.1) is 0 Å². The lowest BCUT2D eigenvalue weighted by Gasteiger charge is -2.11. The van der Waals surface area contributed by atoms with E-state index in [9.17, 15) is 14.1 Å². The Balaban J connectivity index is 2.45. The van der Waals surface area contributed by atoms with Gasteiger partial charge < -0.3 is 9.67 Å². The number of aromatic nitrogens is 2. The number of aromatic carboxylic acids is 1. The standard InChI is InChI=1S/C15H20N2O3S/c1-4-13-16-14-11(15(18)19)6-5-7-12(14)17(13)9-8-10(2)21(3)20/h5-7,10H,4,8-9H2,1-3H3,(H,18,19). The Morgan fingerprint density at radius 3 is 2.76 bits per heavy atom. The fraction of sp³-hybridized carbons (Fsp3) is 0.467. The summed E-state index contributed by atoms with van der Waals surface area (Å²) in [6.07, 6.45) is 3.22. The van der Waals surface area contributed by atoms with Gasteiger partial charge in [-0.2, -0.15) is 0 Å². The zero-order valence-corrected chi connectivity index (χ0v) is 13.3. The van der Waals surface area contributed by atoms with Crippen LogP contribution >= 0.6 is 0 Å².